The Balaban J connectivity index is 2.87. The van der Waals surface area contributed by atoms with Crippen LogP contribution in [-0.2, 0) is 19.1 Å². The van der Waals surface area contributed by atoms with Gasteiger partial charge >= 0.3 is 11.9 Å². The molecule has 170 valence electrons. The average Bonchev–Trinajstić information content (AvgIpc) is 2.91. The number of carbonyl (C=O) groups excluding carboxylic acids is 2. The van der Waals surface area contributed by atoms with E-state index in [4.69, 9.17) is 4.74 Å². The van der Waals surface area contributed by atoms with Gasteiger partial charge in [-0.15, -0.1) is 0 Å². The summed E-state index contributed by atoms with van der Waals surface area (Å²) in [7, 11) is 1.35. The number of hydrogen-bond donors (Lipinski definition) is 2. The number of hydrogen-bond acceptors (Lipinski definition) is 6. The molecule has 0 bridgehead atoms. The van der Waals surface area contributed by atoms with Crippen LogP contribution in [0.1, 0.15) is 65.2 Å². The van der Waals surface area contributed by atoms with Gasteiger partial charge in [0.25, 0.3) is 0 Å². The lowest BCUT2D eigenvalue weighted by Crippen LogP contribution is -2.46. The van der Waals surface area contributed by atoms with Gasteiger partial charge in [-0.05, 0) is 66.8 Å². The van der Waals surface area contributed by atoms with Gasteiger partial charge in [-0.2, -0.15) is 0 Å². The van der Waals surface area contributed by atoms with Gasteiger partial charge in [-0.25, -0.2) is 0 Å². The van der Waals surface area contributed by atoms with Crippen molar-refractivity contribution >= 4 is 34.5 Å². The number of carbonyl (C=O) groups is 2. The van der Waals surface area contributed by atoms with Gasteiger partial charge in [-0.1, -0.05) is 38.0 Å². The minimum absolute atomic E-state index is 0.273. The molecule has 6 nitrogen and oxygen atoms in total. The number of methoxy groups -OCH3 is 1. The Bertz CT molecular complexity index is 642. The monoisotopic (exact) mass is 534 g/mol. The second-order valence-electron chi connectivity index (χ2n) is 7.63. The molecule has 0 aromatic rings. The number of esters is 2. The Kier molecular flexibility index (Phi) is 12.5. The van der Waals surface area contributed by atoms with Crippen LogP contribution in [0.15, 0.2) is 34.0 Å². The van der Waals surface area contributed by atoms with Crippen molar-refractivity contribution in [3.8, 4) is 0 Å². The molecule has 0 saturated carbocycles. The largest absolute Gasteiger partial charge is 0.469 e. The lowest BCUT2D eigenvalue weighted by Gasteiger charge is -2.34. The van der Waals surface area contributed by atoms with Crippen molar-refractivity contribution in [1.29, 1.82) is 0 Å². The van der Waals surface area contributed by atoms with E-state index in [9.17, 15) is 19.8 Å². The third-order valence-electron chi connectivity index (χ3n) is 5.13. The molecular weight excluding hydrogens is 499 g/mol. The Hall–Kier alpha value is -1.19. The van der Waals surface area contributed by atoms with Crippen molar-refractivity contribution in [2.24, 2.45) is 5.92 Å². The van der Waals surface area contributed by atoms with E-state index in [1.54, 1.807) is 12.2 Å². The molecule has 0 fully saturated rings. The Morgan fingerprint density at radius 2 is 1.93 bits per heavy atom. The molecule has 0 aromatic heterocycles. The molecule has 0 spiro atoms. The fraction of sp³-hybridized carbons (Fsp3) is 0.652. The summed E-state index contributed by atoms with van der Waals surface area (Å²) in [6.07, 6.45) is 13.7. The van der Waals surface area contributed by atoms with Crippen LogP contribution in [0, 0.1) is 5.92 Å². The first kappa shape index (κ1) is 26.8. The normalized spacial score (nSPS) is 24.9. The topological polar surface area (TPSA) is 93.1 Å². The molecule has 0 radical (unpaired) electrons. The maximum Gasteiger partial charge on any atom is 0.305 e. The van der Waals surface area contributed by atoms with Crippen LogP contribution < -0.4 is 0 Å². The maximum absolute atomic E-state index is 11.7. The molecule has 0 unspecified atom stereocenters. The van der Waals surface area contributed by atoms with Crippen LogP contribution in [-0.4, -0.2) is 47.1 Å². The predicted octanol–water partition coefficient (Wildman–Crippen LogP) is 4.38. The molecule has 30 heavy (non-hydrogen) atoms. The van der Waals surface area contributed by atoms with Crippen LogP contribution in [0.4, 0.5) is 0 Å². The van der Waals surface area contributed by atoms with Crippen molar-refractivity contribution in [1.82, 2.24) is 0 Å². The first-order valence-corrected chi connectivity index (χ1v) is 11.7. The van der Waals surface area contributed by atoms with E-state index >= 15 is 0 Å². The summed E-state index contributed by atoms with van der Waals surface area (Å²) in [4.78, 5) is 22.9. The second kappa shape index (κ2) is 14.0. The highest BCUT2D eigenvalue weighted by Gasteiger charge is 2.50. The molecule has 0 saturated heterocycles. The number of halogens is 1. The quantitative estimate of drug-likeness (QED) is 0.158. The SMILES string of the molecule is CCCCC/C=C\C[C@@]1(O)C=C(I)[C@H](O)[C@@H]1[C@H](/C=C\CCCC(=O)OC)OC(C)=O. The molecular formula is C23H35IO6. The minimum atomic E-state index is -1.31. The number of aliphatic hydroxyl groups is 2. The van der Waals surface area contributed by atoms with E-state index in [1.807, 2.05) is 34.7 Å². The van der Waals surface area contributed by atoms with Gasteiger partial charge in [0.15, 0.2) is 0 Å². The van der Waals surface area contributed by atoms with E-state index in [1.165, 1.54) is 20.5 Å². The lowest BCUT2D eigenvalue weighted by molar-refractivity contribution is -0.152. The third-order valence-corrected chi connectivity index (χ3v) is 6.08. The van der Waals surface area contributed by atoms with Crippen molar-refractivity contribution in [3.63, 3.8) is 0 Å². The zero-order valence-electron chi connectivity index (χ0n) is 18.2. The highest BCUT2D eigenvalue weighted by atomic mass is 127. The van der Waals surface area contributed by atoms with Crippen molar-refractivity contribution < 1.29 is 29.3 Å². The summed E-state index contributed by atoms with van der Waals surface area (Å²) in [6.45, 7) is 3.46. The molecule has 0 heterocycles. The molecule has 1 aliphatic rings. The Morgan fingerprint density at radius 1 is 1.23 bits per heavy atom. The summed E-state index contributed by atoms with van der Waals surface area (Å²) in [5.41, 5.74) is -1.31. The molecule has 0 aromatic carbocycles. The average molecular weight is 534 g/mol. The number of aliphatic hydroxyl groups excluding tert-OH is 1. The summed E-state index contributed by atoms with van der Waals surface area (Å²) in [5.74, 6) is -1.46. The molecule has 4 atom stereocenters. The van der Waals surface area contributed by atoms with E-state index in [0.717, 1.165) is 19.3 Å². The minimum Gasteiger partial charge on any atom is -0.469 e. The first-order valence-electron chi connectivity index (χ1n) is 10.6. The van der Waals surface area contributed by atoms with E-state index in [-0.39, 0.29) is 5.97 Å². The zero-order chi connectivity index (χ0) is 22.6. The number of allylic oxidation sites excluding steroid dienone is 2. The van der Waals surface area contributed by atoms with Crippen LogP contribution in [0.25, 0.3) is 0 Å². The molecule has 0 amide bonds. The molecule has 7 heteroatoms. The zero-order valence-corrected chi connectivity index (χ0v) is 20.3. The lowest BCUT2D eigenvalue weighted by atomic mass is 9.81. The van der Waals surface area contributed by atoms with Crippen LogP contribution in [0.3, 0.4) is 0 Å². The fourth-order valence-corrected chi connectivity index (χ4v) is 4.47. The Labute approximate surface area is 193 Å². The van der Waals surface area contributed by atoms with Crippen molar-refractivity contribution in [3.05, 3.63) is 34.0 Å². The maximum atomic E-state index is 11.7. The first-order chi connectivity index (χ1) is 14.2. The number of unbranched alkanes of at least 4 members (excludes halogenated alkanes) is 4. The summed E-state index contributed by atoms with van der Waals surface area (Å²) in [5, 5.41) is 22.0. The van der Waals surface area contributed by atoms with Crippen molar-refractivity contribution in [2.45, 2.75) is 83.0 Å². The van der Waals surface area contributed by atoms with Crippen LogP contribution in [0.5, 0.6) is 0 Å². The van der Waals surface area contributed by atoms with Gasteiger partial charge in [0.2, 0.25) is 0 Å². The number of ether oxygens (including phenoxy) is 2. The fourth-order valence-electron chi connectivity index (χ4n) is 3.55. The second-order valence-corrected chi connectivity index (χ2v) is 8.88. The van der Waals surface area contributed by atoms with Gasteiger partial charge in [-0.3, -0.25) is 9.59 Å². The van der Waals surface area contributed by atoms with E-state index < -0.39 is 29.7 Å². The van der Waals surface area contributed by atoms with Gasteiger partial charge < -0.3 is 19.7 Å². The van der Waals surface area contributed by atoms with Gasteiger partial charge in [0.1, 0.15) is 6.10 Å². The van der Waals surface area contributed by atoms with Gasteiger partial charge in [0, 0.05) is 16.9 Å². The molecule has 1 aliphatic carbocycles. The summed E-state index contributed by atoms with van der Waals surface area (Å²) >= 11 is 2.02. The highest BCUT2D eigenvalue weighted by molar-refractivity contribution is 14.1. The molecule has 0 aliphatic heterocycles. The van der Waals surface area contributed by atoms with Crippen LogP contribution >= 0.6 is 22.6 Å². The van der Waals surface area contributed by atoms with E-state index in [0.29, 0.717) is 29.3 Å². The number of rotatable bonds is 13. The molecule has 2 N–H and O–H groups in total. The van der Waals surface area contributed by atoms with Crippen molar-refractivity contribution in [2.75, 3.05) is 7.11 Å². The van der Waals surface area contributed by atoms with Gasteiger partial charge in [0.05, 0.1) is 24.7 Å². The molecule has 1 rings (SSSR count). The summed E-state index contributed by atoms with van der Waals surface area (Å²) < 4.78 is 10.7. The third kappa shape index (κ3) is 8.89. The predicted molar refractivity (Wildman–Crippen MR) is 125 cm³/mol. The smallest absolute Gasteiger partial charge is 0.305 e. The highest BCUT2D eigenvalue weighted by Crippen LogP contribution is 2.43. The standard InChI is InChI=1S/C23H35IO6/c1-4-5-6-7-8-12-15-23(28)16-18(24)22(27)21(23)19(30-17(2)25)13-10-9-11-14-20(26)29-3/h8,10,12-13,16,19,21-22,27-28H,4-7,9,11,14-15H2,1-3H3/b12-8-,13-10-/t19-,21-,22-,23+/m0/s1. The van der Waals surface area contributed by atoms with Crippen LogP contribution in [0.2, 0.25) is 0 Å². The summed E-state index contributed by atoms with van der Waals surface area (Å²) in [6, 6.07) is 0. The van der Waals surface area contributed by atoms with E-state index in [2.05, 4.69) is 17.7 Å². The Morgan fingerprint density at radius 3 is 2.57 bits per heavy atom.